The highest BCUT2D eigenvalue weighted by Gasteiger charge is 2.33. The van der Waals surface area contributed by atoms with Gasteiger partial charge in [-0.2, -0.15) is 4.31 Å². The van der Waals surface area contributed by atoms with Gasteiger partial charge in [0.25, 0.3) is 0 Å². The highest BCUT2D eigenvalue weighted by molar-refractivity contribution is 7.89. The second-order valence-corrected chi connectivity index (χ2v) is 8.06. The number of aliphatic hydroxyl groups excluding tert-OH is 1. The number of aliphatic hydroxyl groups is 1. The standard InChI is InChI=1S/C15H17ClN2O3S/c1-18(9-13(19)10-4-5-10)22(20,21)14-7-6-12(16)15-11(14)3-2-8-17-15/h2-3,6-8,10,13,19H,4-5,9H2,1H3. The van der Waals surface area contributed by atoms with Gasteiger partial charge in [0.2, 0.25) is 10.0 Å². The van der Waals surface area contributed by atoms with Crippen LogP contribution < -0.4 is 0 Å². The summed E-state index contributed by atoms with van der Waals surface area (Å²) in [5.74, 6) is 0.223. The van der Waals surface area contributed by atoms with Crippen LogP contribution in [0, 0.1) is 5.92 Å². The predicted octanol–water partition coefficient (Wildman–Crippen LogP) is 2.28. The largest absolute Gasteiger partial charge is 0.391 e. The van der Waals surface area contributed by atoms with Gasteiger partial charge in [0, 0.05) is 25.2 Å². The number of likely N-dealkylation sites (N-methyl/N-ethyl adjacent to an activating group) is 1. The van der Waals surface area contributed by atoms with Gasteiger partial charge in [0.1, 0.15) is 0 Å². The summed E-state index contributed by atoms with van der Waals surface area (Å²) in [7, 11) is -2.22. The molecular weight excluding hydrogens is 324 g/mol. The van der Waals surface area contributed by atoms with Crippen LogP contribution in [0.2, 0.25) is 5.02 Å². The number of sulfonamides is 1. The molecule has 1 aliphatic rings. The fourth-order valence-corrected chi connectivity index (χ4v) is 4.08. The van der Waals surface area contributed by atoms with Crippen LogP contribution in [-0.2, 0) is 10.0 Å². The van der Waals surface area contributed by atoms with Crippen LogP contribution in [0.25, 0.3) is 10.9 Å². The van der Waals surface area contributed by atoms with Crippen molar-refractivity contribution < 1.29 is 13.5 Å². The Labute approximate surface area is 134 Å². The van der Waals surface area contributed by atoms with Gasteiger partial charge < -0.3 is 5.11 Å². The molecule has 7 heteroatoms. The van der Waals surface area contributed by atoms with Gasteiger partial charge >= 0.3 is 0 Å². The number of fused-ring (bicyclic) bond motifs is 1. The molecule has 22 heavy (non-hydrogen) atoms. The molecule has 1 saturated carbocycles. The molecule has 1 unspecified atom stereocenters. The number of hydrogen-bond donors (Lipinski definition) is 1. The van der Waals surface area contributed by atoms with Crippen LogP contribution in [0.4, 0.5) is 0 Å². The van der Waals surface area contributed by atoms with Crippen molar-refractivity contribution in [2.24, 2.45) is 5.92 Å². The van der Waals surface area contributed by atoms with Crippen LogP contribution in [-0.4, -0.2) is 42.5 Å². The van der Waals surface area contributed by atoms with Gasteiger partial charge in [-0.1, -0.05) is 11.6 Å². The molecule has 0 spiro atoms. The predicted molar refractivity (Wildman–Crippen MR) is 85.3 cm³/mol. The van der Waals surface area contributed by atoms with Crippen LogP contribution in [0.5, 0.6) is 0 Å². The van der Waals surface area contributed by atoms with Crippen molar-refractivity contribution >= 4 is 32.5 Å². The van der Waals surface area contributed by atoms with E-state index in [2.05, 4.69) is 4.98 Å². The molecule has 1 N–H and O–H groups in total. The molecule has 0 amide bonds. The van der Waals surface area contributed by atoms with E-state index in [4.69, 9.17) is 11.6 Å². The van der Waals surface area contributed by atoms with E-state index in [9.17, 15) is 13.5 Å². The van der Waals surface area contributed by atoms with Crippen LogP contribution >= 0.6 is 11.6 Å². The highest BCUT2D eigenvalue weighted by Crippen LogP contribution is 2.34. The van der Waals surface area contributed by atoms with Gasteiger partial charge in [-0.05, 0) is 43.0 Å². The summed E-state index contributed by atoms with van der Waals surface area (Å²) in [5, 5.41) is 10.9. The van der Waals surface area contributed by atoms with Gasteiger partial charge in [0.15, 0.2) is 0 Å². The smallest absolute Gasteiger partial charge is 0.243 e. The Kier molecular flexibility index (Phi) is 4.11. The zero-order valence-corrected chi connectivity index (χ0v) is 13.7. The summed E-state index contributed by atoms with van der Waals surface area (Å²) in [5.41, 5.74) is 0.460. The fourth-order valence-electron chi connectivity index (χ4n) is 2.50. The summed E-state index contributed by atoms with van der Waals surface area (Å²) in [6.45, 7) is 0.0946. The normalized spacial score (nSPS) is 17.1. The molecule has 0 saturated heterocycles. The van der Waals surface area contributed by atoms with E-state index in [0.717, 1.165) is 12.8 Å². The molecule has 1 aromatic carbocycles. The number of halogens is 1. The molecule has 1 aliphatic carbocycles. The summed E-state index contributed by atoms with van der Waals surface area (Å²) < 4.78 is 26.8. The lowest BCUT2D eigenvalue weighted by atomic mass is 10.2. The molecule has 2 aromatic rings. The maximum atomic E-state index is 12.8. The Morgan fingerprint density at radius 1 is 1.41 bits per heavy atom. The molecular formula is C15H17ClN2O3S. The Morgan fingerprint density at radius 2 is 2.14 bits per heavy atom. The highest BCUT2D eigenvalue weighted by atomic mass is 35.5. The van der Waals surface area contributed by atoms with Crippen molar-refractivity contribution in [3.63, 3.8) is 0 Å². The summed E-state index contributed by atoms with van der Waals surface area (Å²) in [6, 6.07) is 6.39. The number of benzene rings is 1. The third-order valence-corrected chi connectivity index (χ3v) is 6.17. The molecule has 1 fully saturated rings. The first-order chi connectivity index (χ1) is 10.4. The Bertz CT molecular complexity index is 806. The maximum absolute atomic E-state index is 12.8. The first-order valence-corrected chi connectivity index (χ1v) is 8.90. The minimum atomic E-state index is -3.71. The Balaban J connectivity index is 2.00. The molecule has 5 nitrogen and oxygen atoms in total. The second-order valence-electron chi connectivity index (χ2n) is 5.64. The number of hydrogen-bond acceptors (Lipinski definition) is 4. The molecule has 1 aromatic heterocycles. The average molecular weight is 341 g/mol. The molecule has 0 bridgehead atoms. The number of pyridine rings is 1. The number of nitrogens with zero attached hydrogens (tertiary/aromatic N) is 2. The Morgan fingerprint density at radius 3 is 2.82 bits per heavy atom. The minimum absolute atomic E-state index is 0.0946. The second kappa shape index (κ2) is 5.77. The van der Waals surface area contributed by atoms with E-state index in [1.807, 2.05) is 0 Å². The lowest BCUT2D eigenvalue weighted by Crippen LogP contribution is -2.35. The summed E-state index contributed by atoms with van der Waals surface area (Å²) in [6.07, 6.45) is 2.88. The van der Waals surface area contributed by atoms with E-state index in [0.29, 0.717) is 15.9 Å². The molecule has 1 atom stereocenters. The topological polar surface area (TPSA) is 70.5 Å². The van der Waals surface area contributed by atoms with Crippen molar-refractivity contribution in [3.8, 4) is 0 Å². The van der Waals surface area contributed by atoms with E-state index in [1.165, 1.54) is 23.5 Å². The quantitative estimate of drug-likeness (QED) is 0.906. The van der Waals surface area contributed by atoms with Crippen LogP contribution in [0.15, 0.2) is 35.4 Å². The van der Waals surface area contributed by atoms with Crippen molar-refractivity contribution in [1.82, 2.24) is 9.29 Å². The van der Waals surface area contributed by atoms with Crippen molar-refractivity contribution in [1.29, 1.82) is 0 Å². The maximum Gasteiger partial charge on any atom is 0.243 e. The van der Waals surface area contributed by atoms with E-state index in [-0.39, 0.29) is 17.4 Å². The average Bonchev–Trinajstić information content (AvgIpc) is 3.32. The monoisotopic (exact) mass is 340 g/mol. The molecule has 3 rings (SSSR count). The Hall–Kier alpha value is -1.21. The minimum Gasteiger partial charge on any atom is -0.391 e. The number of aromatic nitrogens is 1. The molecule has 1 heterocycles. The van der Waals surface area contributed by atoms with Gasteiger partial charge in [-0.15, -0.1) is 0 Å². The van der Waals surface area contributed by atoms with Crippen LogP contribution in [0.1, 0.15) is 12.8 Å². The molecule has 0 aliphatic heterocycles. The number of rotatable bonds is 5. The van der Waals surface area contributed by atoms with E-state index < -0.39 is 16.1 Å². The van der Waals surface area contributed by atoms with Gasteiger partial charge in [-0.25, -0.2) is 8.42 Å². The van der Waals surface area contributed by atoms with Crippen molar-refractivity contribution in [2.45, 2.75) is 23.8 Å². The lowest BCUT2D eigenvalue weighted by molar-refractivity contribution is 0.131. The van der Waals surface area contributed by atoms with Crippen molar-refractivity contribution in [3.05, 3.63) is 35.5 Å². The van der Waals surface area contributed by atoms with Crippen molar-refractivity contribution in [2.75, 3.05) is 13.6 Å². The first-order valence-electron chi connectivity index (χ1n) is 7.09. The zero-order valence-electron chi connectivity index (χ0n) is 12.1. The summed E-state index contributed by atoms with van der Waals surface area (Å²) in [4.78, 5) is 4.31. The zero-order chi connectivity index (χ0) is 15.9. The molecule has 0 radical (unpaired) electrons. The van der Waals surface area contributed by atoms with Crippen LogP contribution in [0.3, 0.4) is 0 Å². The van der Waals surface area contributed by atoms with E-state index >= 15 is 0 Å². The SMILES string of the molecule is CN(CC(O)C1CC1)S(=O)(=O)c1ccc(Cl)c2ncccc12. The third-order valence-electron chi connectivity index (χ3n) is 3.98. The molecule has 118 valence electrons. The summed E-state index contributed by atoms with van der Waals surface area (Å²) >= 11 is 6.08. The third kappa shape index (κ3) is 2.84. The van der Waals surface area contributed by atoms with E-state index in [1.54, 1.807) is 18.3 Å². The van der Waals surface area contributed by atoms with Gasteiger partial charge in [0.05, 0.1) is 21.5 Å². The fraction of sp³-hybridized carbons (Fsp3) is 0.400. The first kappa shape index (κ1) is 15.7. The lowest BCUT2D eigenvalue weighted by Gasteiger charge is -2.21. The van der Waals surface area contributed by atoms with Gasteiger partial charge in [-0.3, -0.25) is 4.98 Å².